The van der Waals surface area contributed by atoms with E-state index in [0.717, 1.165) is 0 Å². The summed E-state index contributed by atoms with van der Waals surface area (Å²) in [6, 6.07) is 6.05. The van der Waals surface area contributed by atoms with Crippen LogP contribution in [0.2, 0.25) is 0 Å². The summed E-state index contributed by atoms with van der Waals surface area (Å²) < 4.78 is 32.8. The first kappa shape index (κ1) is 20.7. The Hall–Kier alpha value is -2.62. The zero-order chi connectivity index (χ0) is 20.0. The van der Waals surface area contributed by atoms with Crippen molar-refractivity contribution in [3.8, 4) is 5.75 Å². The molecule has 1 aromatic rings. The third kappa shape index (κ3) is 5.95. The van der Waals surface area contributed by atoms with E-state index in [1.165, 1.54) is 14.0 Å². The molecular formula is C17H22N2O7S. The van der Waals surface area contributed by atoms with Gasteiger partial charge in [-0.1, -0.05) is 12.1 Å². The van der Waals surface area contributed by atoms with Crippen molar-refractivity contribution in [2.45, 2.75) is 25.5 Å². The van der Waals surface area contributed by atoms with Gasteiger partial charge in [-0.3, -0.25) is 14.4 Å². The third-order valence-electron chi connectivity index (χ3n) is 4.00. The monoisotopic (exact) mass is 398 g/mol. The highest BCUT2D eigenvalue weighted by molar-refractivity contribution is 7.91. The second-order valence-electron chi connectivity index (χ2n) is 6.12. The summed E-state index contributed by atoms with van der Waals surface area (Å²) in [7, 11) is -1.69. The lowest BCUT2D eigenvalue weighted by Gasteiger charge is -2.16. The average molecular weight is 398 g/mol. The van der Waals surface area contributed by atoms with Gasteiger partial charge in [-0.15, -0.1) is 0 Å². The van der Waals surface area contributed by atoms with Gasteiger partial charge in [0.2, 0.25) is 0 Å². The van der Waals surface area contributed by atoms with Crippen molar-refractivity contribution in [1.29, 1.82) is 0 Å². The van der Waals surface area contributed by atoms with Crippen LogP contribution in [0.15, 0.2) is 24.3 Å². The van der Waals surface area contributed by atoms with Crippen LogP contribution >= 0.6 is 0 Å². The fourth-order valence-corrected chi connectivity index (χ4v) is 4.27. The van der Waals surface area contributed by atoms with Crippen molar-refractivity contribution in [3.63, 3.8) is 0 Å². The van der Waals surface area contributed by atoms with Gasteiger partial charge in [-0.05, 0) is 25.5 Å². The SMILES string of the molecule is COc1ccccc1C(=O)NCC(=O)O[C@@H](C)C(=O)N[C@@H]1CCS(=O)(=O)C1. The molecule has 2 rings (SSSR count). The average Bonchev–Trinajstić information content (AvgIpc) is 2.97. The predicted octanol–water partition coefficient (Wildman–Crippen LogP) is -0.340. The van der Waals surface area contributed by atoms with Crippen molar-refractivity contribution in [3.05, 3.63) is 29.8 Å². The van der Waals surface area contributed by atoms with Gasteiger partial charge in [0.15, 0.2) is 15.9 Å². The van der Waals surface area contributed by atoms with Gasteiger partial charge in [-0.2, -0.15) is 0 Å². The molecule has 2 N–H and O–H groups in total. The fraction of sp³-hybridized carbons (Fsp3) is 0.471. The van der Waals surface area contributed by atoms with Crippen LogP contribution in [0, 0.1) is 0 Å². The molecule has 27 heavy (non-hydrogen) atoms. The van der Waals surface area contributed by atoms with E-state index in [-0.39, 0.29) is 17.1 Å². The van der Waals surface area contributed by atoms with Gasteiger partial charge in [-0.25, -0.2) is 8.42 Å². The number of ether oxygens (including phenoxy) is 2. The maximum absolute atomic E-state index is 12.1. The van der Waals surface area contributed by atoms with Gasteiger partial charge in [0.05, 0.1) is 24.2 Å². The molecule has 1 aliphatic rings. The van der Waals surface area contributed by atoms with E-state index in [4.69, 9.17) is 9.47 Å². The fourth-order valence-electron chi connectivity index (χ4n) is 2.60. The number of hydrogen-bond acceptors (Lipinski definition) is 7. The van der Waals surface area contributed by atoms with Crippen LogP contribution in [0.1, 0.15) is 23.7 Å². The van der Waals surface area contributed by atoms with Gasteiger partial charge in [0.1, 0.15) is 12.3 Å². The molecule has 0 radical (unpaired) electrons. The molecule has 0 bridgehead atoms. The Kier molecular flexibility index (Phi) is 6.78. The number of nitrogens with one attached hydrogen (secondary N) is 2. The number of methoxy groups -OCH3 is 1. The van der Waals surface area contributed by atoms with Gasteiger partial charge in [0.25, 0.3) is 11.8 Å². The van der Waals surface area contributed by atoms with Gasteiger partial charge >= 0.3 is 5.97 Å². The summed E-state index contributed by atoms with van der Waals surface area (Å²) in [5.74, 6) is -1.61. The van der Waals surface area contributed by atoms with E-state index >= 15 is 0 Å². The number of para-hydroxylation sites is 1. The molecule has 1 aliphatic heterocycles. The molecule has 1 aromatic carbocycles. The molecule has 0 unspecified atom stereocenters. The van der Waals surface area contributed by atoms with Gasteiger partial charge < -0.3 is 20.1 Å². The Morgan fingerprint density at radius 2 is 1.96 bits per heavy atom. The molecule has 1 saturated heterocycles. The molecule has 9 nitrogen and oxygen atoms in total. The molecule has 2 atom stereocenters. The minimum Gasteiger partial charge on any atom is -0.496 e. The Morgan fingerprint density at radius 3 is 2.59 bits per heavy atom. The summed E-state index contributed by atoms with van der Waals surface area (Å²) in [6.45, 7) is 0.949. The van der Waals surface area contributed by atoms with Gasteiger partial charge in [0, 0.05) is 6.04 Å². The lowest BCUT2D eigenvalue weighted by molar-refractivity contribution is -0.154. The Labute approximate surface area is 157 Å². The summed E-state index contributed by atoms with van der Waals surface area (Å²) in [5.41, 5.74) is 0.265. The summed E-state index contributed by atoms with van der Waals surface area (Å²) >= 11 is 0. The summed E-state index contributed by atoms with van der Waals surface area (Å²) in [5, 5.41) is 4.94. The number of carbonyl (C=O) groups is 3. The largest absolute Gasteiger partial charge is 0.496 e. The zero-order valence-corrected chi connectivity index (χ0v) is 15.9. The van der Waals surface area contributed by atoms with Crippen molar-refractivity contribution in [2.75, 3.05) is 25.2 Å². The quantitative estimate of drug-likeness (QED) is 0.601. The molecule has 2 amide bonds. The van der Waals surface area contributed by atoms with Crippen LogP contribution in [-0.2, 0) is 24.2 Å². The lowest BCUT2D eigenvalue weighted by Crippen LogP contribution is -2.43. The molecule has 1 fully saturated rings. The van der Waals surface area contributed by atoms with E-state index in [0.29, 0.717) is 12.2 Å². The van der Waals surface area contributed by atoms with E-state index in [9.17, 15) is 22.8 Å². The maximum Gasteiger partial charge on any atom is 0.326 e. The predicted molar refractivity (Wildman–Crippen MR) is 96.1 cm³/mol. The topological polar surface area (TPSA) is 128 Å². The molecule has 10 heteroatoms. The smallest absolute Gasteiger partial charge is 0.326 e. The highest BCUT2D eigenvalue weighted by Gasteiger charge is 2.30. The van der Waals surface area contributed by atoms with Crippen LogP contribution in [0.25, 0.3) is 0 Å². The number of amides is 2. The standard InChI is InChI=1S/C17H22N2O7S/c1-11(16(21)19-12-7-8-27(23,24)10-12)26-15(20)9-18-17(22)13-5-3-4-6-14(13)25-2/h3-6,11-12H,7-10H2,1-2H3,(H,18,22)(H,19,21)/t11-,12+/m0/s1. The zero-order valence-electron chi connectivity index (χ0n) is 15.1. The molecule has 0 aromatic heterocycles. The van der Waals surface area contributed by atoms with Crippen molar-refractivity contribution < 1.29 is 32.3 Å². The molecule has 0 aliphatic carbocycles. The van der Waals surface area contributed by atoms with Crippen molar-refractivity contribution in [2.24, 2.45) is 0 Å². The summed E-state index contributed by atoms with van der Waals surface area (Å²) in [6.07, 6.45) is -0.770. The minimum absolute atomic E-state index is 0.0289. The number of carbonyl (C=O) groups excluding carboxylic acids is 3. The molecular weight excluding hydrogens is 376 g/mol. The molecule has 1 heterocycles. The first-order chi connectivity index (χ1) is 12.7. The third-order valence-corrected chi connectivity index (χ3v) is 5.77. The number of benzene rings is 1. The van der Waals surface area contributed by atoms with Crippen LogP contribution in [0.4, 0.5) is 0 Å². The van der Waals surface area contributed by atoms with E-state index in [1.807, 2.05) is 0 Å². The molecule has 0 saturated carbocycles. The highest BCUT2D eigenvalue weighted by atomic mass is 32.2. The lowest BCUT2D eigenvalue weighted by atomic mass is 10.2. The van der Waals surface area contributed by atoms with E-state index in [1.54, 1.807) is 24.3 Å². The van der Waals surface area contributed by atoms with Crippen LogP contribution < -0.4 is 15.4 Å². The first-order valence-corrected chi connectivity index (χ1v) is 10.2. The van der Waals surface area contributed by atoms with Crippen LogP contribution in [0.3, 0.4) is 0 Å². The number of hydrogen-bond donors (Lipinski definition) is 2. The molecule has 148 valence electrons. The van der Waals surface area contributed by atoms with E-state index < -0.39 is 46.3 Å². The van der Waals surface area contributed by atoms with Crippen LogP contribution in [0.5, 0.6) is 5.75 Å². The molecule has 0 spiro atoms. The second-order valence-corrected chi connectivity index (χ2v) is 8.35. The summed E-state index contributed by atoms with van der Waals surface area (Å²) in [4.78, 5) is 36.0. The number of sulfone groups is 1. The van der Waals surface area contributed by atoms with E-state index in [2.05, 4.69) is 10.6 Å². The normalized spacial score (nSPS) is 19.0. The Morgan fingerprint density at radius 1 is 1.26 bits per heavy atom. The maximum atomic E-state index is 12.1. The minimum atomic E-state index is -3.12. The van der Waals surface area contributed by atoms with Crippen molar-refractivity contribution >= 4 is 27.6 Å². The first-order valence-electron chi connectivity index (χ1n) is 8.33. The highest BCUT2D eigenvalue weighted by Crippen LogP contribution is 2.16. The second kappa shape index (κ2) is 8.85. The number of rotatable bonds is 7. The Balaban J connectivity index is 1.79. The van der Waals surface area contributed by atoms with Crippen LogP contribution in [-0.4, -0.2) is 63.5 Å². The van der Waals surface area contributed by atoms with Crippen molar-refractivity contribution in [1.82, 2.24) is 10.6 Å². The Bertz CT molecular complexity index is 822. The number of esters is 1.